The van der Waals surface area contributed by atoms with E-state index >= 15 is 0 Å². The Balaban J connectivity index is 2.02. The van der Waals surface area contributed by atoms with Gasteiger partial charge in [-0.15, -0.1) is 0 Å². The Labute approximate surface area is 140 Å². The average Bonchev–Trinajstić information content (AvgIpc) is 2.76. The lowest BCUT2D eigenvalue weighted by molar-refractivity contribution is -0.346. The number of anilines is 1. The van der Waals surface area contributed by atoms with E-state index in [0.717, 1.165) is 0 Å². The summed E-state index contributed by atoms with van der Waals surface area (Å²) >= 11 is 5.97. The maximum atomic E-state index is 14.5. The fourth-order valence-electron chi connectivity index (χ4n) is 3.04. The highest BCUT2D eigenvalue weighted by Crippen LogP contribution is 2.39. The predicted octanol–water partition coefficient (Wildman–Crippen LogP) is 0.752. The molecule has 1 saturated heterocycles. The highest BCUT2D eigenvalue weighted by molar-refractivity contribution is 6.29. The van der Waals surface area contributed by atoms with Gasteiger partial charge in [0.1, 0.15) is 29.4 Å². The molecular formula is C14H14ClFN4O4. The molecule has 1 atom stereocenters. The monoisotopic (exact) mass is 356 g/mol. The van der Waals surface area contributed by atoms with Crippen LogP contribution in [0.25, 0.3) is 10.9 Å². The second-order valence-corrected chi connectivity index (χ2v) is 6.08. The van der Waals surface area contributed by atoms with Gasteiger partial charge in [0.2, 0.25) is 11.2 Å². The molecule has 0 aliphatic carbocycles. The topological polar surface area (TPSA) is 101 Å². The Morgan fingerprint density at radius 3 is 2.92 bits per heavy atom. The van der Waals surface area contributed by atoms with E-state index in [1.807, 2.05) is 0 Å². The number of halogens is 2. The molecule has 4 heterocycles. The Bertz CT molecular complexity index is 834. The zero-order valence-electron chi connectivity index (χ0n) is 12.7. The van der Waals surface area contributed by atoms with Crippen LogP contribution in [0, 0.1) is 12.7 Å². The highest BCUT2D eigenvalue weighted by Gasteiger charge is 2.46. The van der Waals surface area contributed by atoms with Crippen LogP contribution in [-0.4, -0.2) is 56.9 Å². The third kappa shape index (κ3) is 2.27. The van der Waals surface area contributed by atoms with Gasteiger partial charge in [-0.1, -0.05) is 0 Å². The fourth-order valence-corrected chi connectivity index (χ4v) is 3.21. The predicted molar refractivity (Wildman–Crippen MR) is 81.4 cm³/mol. The normalized spacial score (nSPS) is 22.5. The number of hydrogen-bond acceptors (Lipinski definition) is 8. The number of pyridine rings is 1. The summed E-state index contributed by atoms with van der Waals surface area (Å²) in [7, 11) is 0. The van der Waals surface area contributed by atoms with Crippen LogP contribution < -0.4 is 9.64 Å². The Kier molecular flexibility index (Phi) is 3.50. The summed E-state index contributed by atoms with van der Waals surface area (Å²) in [6, 6.07) is -0.980. The van der Waals surface area contributed by atoms with E-state index in [9.17, 15) is 14.6 Å². The molecule has 10 heteroatoms. The second kappa shape index (κ2) is 5.35. The average molecular weight is 357 g/mol. The largest absolute Gasteiger partial charge is 0.475 e. The summed E-state index contributed by atoms with van der Waals surface area (Å²) in [5, 5.41) is 20.6. The number of fused-ring (bicyclic) bond motifs is 2. The number of aromatic nitrogens is 3. The summed E-state index contributed by atoms with van der Waals surface area (Å²) in [6.45, 7) is 1.90. The highest BCUT2D eigenvalue weighted by atomic mass is 35.5. The number of ether oxygens (including phenoxy) is 2. The first-order valence-corrected chi connectivity index (χ1v) is 7.78. The molecule has 2 aromatic heterocycles. The van der Waals surface area contributed by atoms with Crippen LogP contribution in [0.5, 0.6) is 5.88 Å². The van der Waals surface area contributed by atoms with Crippen LogP contribution in [0.4, 0.5) is 10.2 Å². The van der Waals surface area contributed by atoms with Crippen molar-refractivity contribution in [2.45, 2.75) is 25.4 Å². The van der Waals surface area contributed by atoms with E-state index in [-0.39, 0.29) is 46.8 Å². The molecule has 8 nitrogen and oxygen atoms in total. The molecule has 1 fully saturated rings. The minimum atomic E-state index is -2.45. The van der Waals surface area contributed by atoms with Crippen molar-refractivity contribution in [1.29, 1.82) is 0 Å². The van der Waals surface area contributed by atoms with Crippen molar-refractivity contribution in [3.05, 3.63) is 16.8 Å². The lowest BCUT2D eigenvalue weighted by Crippen LogP contribution is -2.56. The van der Waals surface area contributed by atoms with Crippen molar-refractivity contribution in [1.82, 2.24) is 15.0 Å². The van der Waals surface area contributed by atoms with Crippen LogP contribution in [-0.2, 0) is 4.74 Å². The third-order valence-corrected chi connectivity index (χ3v) is 4.36. The standard InChI is InChI=1S/C14H14ClFN4O4/c1-6-9(16)10-8-11(19-13(15)18-10)20-3-2-4-24-14(21,22)7(20)5-23-12(8)17-6/h7,21-22H,2-5H2,1H3. The Hall–Kier alpha value is -1.81. The van der Waals surface area contributed by atoms with E-state index in [1.165, 1.54) is 6.92 Å². The van der Waals surface area contributed by atoms with Gasteiger partial charge in [0.05, 0.1) is 12.3 Å². The van der Waals surface area contributed by atoms with Crippen LogP contribution >= 0.6 is 11.6 Å². The van der Waals surface area contributed by atoms with Gasteiger partial charge in [-0.2, -0.15) is 4.98 Å². The maximum Gasteiger partial charge on any atom is 0.303 e. The lowest BCUT2D eigenvalue weighted by Gasteiger charge is -2.35. The van der Waals surface area contributed by atoms with Gasteiger partial charge >= 0.3 is 5.97 Å². The van der Waals surface area contributed by atoms with Crippen LogP contribution in [0.3, 0.4) is 0 Å². The zero-order chi connectivity index (χ0) is 17.1. The lowest BCUT2D eigenvalue weighted by atomic mass is 10.2. The molecule has 2 aliphatic rings. The molecule has 1 unspecified atom stereocenters. The fraction of sp³-hybridized carbons (Fsp3) is 0.500. The van der Waals surface area contributed by atoms with Gasteiger partial charge in [-0.25, -0.2) is 14.4 Å². The number of aliphatic hydroxyl groups is 2. The van der Waals surface area contributed by atoms with E-state index < -0.39 is 17.8 Å². The number of aryl methyl sites for hydroxylation is 1. The molecule has 2 N–H and O–H groups in total. The molecule has 0 amide bonds. The first-order valence-electron chi connectivity index (χ1n) is 7.40. The minimum absolute atomic E-state index is 0.0141. The van der Waals surface area contributed by atoms with Gasteiger partial charge in [-0.05, 0) is 24.9 Å². The van der Waals surface area contributed by atoms with Crippen molar-refractivity contribution in [3.63, 3.8) is 0 Å². The third-order valence-electron chi connectivity index (χ3n) is 4.19. The van der Waals surface area contributed by atoms with E-state index in [4.69, 9.17) is 21.1 Å². The quantitative estimate of drug-likeness (QED) is 0.527. The SMILES string of the molecule is Cc1nc2c3c(nc(Cl)nc3c1F)N1CCCOC(O)(O)C1CO2. The van der Waals surface area contributed by atoms with Gasteiger partial charge < -0.3 is 24.6 Å². The molecule has 4 rings (SSSR count). The second-order valence-electron chi connectivity index (χ2n) is 5.74. The maximum absolute atomic E-state index is 14.5. The molecule has 0 spiro atoms. The molecule has 2 aromatic rings. The molecule has 128 valence electrons. The van der Waals surface area contributed by atoms with E-state index in [0.29, 0.717) is 13.0 Å². The summed E-state index contributed by atoms with van der Waals surface area (Å²) < 4.78 is 25.2. The Morgan fingerprint density at radius 1 is 1.33 bits per heavy atom. The summed E-state index contributed by atoms with van der Waals surface area (Å²) in [6.07, 6.45) is 0.513. The van der Waals surface area contributed by atoms with Crippen LogP contribution in [0.2, 0.25) is 5.28 Å². The molecule has 0 bridgehead atoms. The molecule has 24 heavy (non-hydrogen) atoms. The first kappa shape index (κ1) is 15.7. The number of nitrogens with zero attached hydrogens (tertiary/aromatic N) is 4. The zero-order valence-corrected chi connectivity index (χ0v) is 13.4. The van der Waals surface area contributed by atoms with Crippen molar-refractivity contribution in [3.8, 4) is 5.88 Å². The Morgan fingerprint density at radius 2 is 2.12 bits per heavy atom. The van der Waals surface area contributed by atoms with Gasteiger partial charge in [-0.3, -0.25) is 0 Å². The summed E-state index contributed by atoms with van der Waals surface area (Å²) in [5.41, 5.74) is 0.0885. The molecule has 0 radical (unpaired) electrons. The number of rotatable bonds is 0. The molecule has 2 aliphatic heterocycles. The van der Waals surface area contributed by atoms with Crippen molar-refractivity contribution < 1.29 is 24.1 Å². The van der Waals surface area contributed by atoms with Crippen LogP contribution in [0.1, 0.15) is 12.1 Å². The summed E-state index contributed by atoms with van der Waals surface area (Å²) in [5.74, 6) is -2.70. The molecule has 0 saturated carbocycles. The van der Waals surface area contributed by atoms with Crippen molar-refractivity contribution in [2.24, 2.45) is 0 Å². The van der Waals surface area contributed by atoms with Gasteiger partial charge in [0, 0.05) is 6.54 Å². The van der Waals surface area contributed by atoms with E-state index in [1.54, 1.807) is 4.90 Å². The molecule has 0 aromatic carbocycles. The first-order chi connectivity index (χ1) is 11.4. The minimum Gasteiger partial charge on any atom is -0.475 e. The molecular weight excluding hydrogens is 343 g/mol. The summed E-state index contributed by atoms with van der Waals surface area (Å²) in [4.78, 5) is 13.8. The van der Waals surface area contributed by atoms with Gasteiger partial charge in [0.15, 0.2) is 5.82 Å². The van der Waals surface area contributed by atoms with Crippen molar-refractivity contribution in [2.75, 3.05) is 24.7 Å². The number of hydrogen-bond donors (Lipinski definition) is 2. The smallest absolute Gasteiger partial charge is 0.303 e. The van der Waals surface area contributed by atoms with E-state index in [2.05, 4.69) is 15.0 Å². The van der Waals surface area contributed by atoms with Crippen molar-refractivity contribution >= 4 is 28.3 Å². The van der Waals surface area contributed by atoms with Crippen LogP contribution in [0.15, 0.2) is 0 Å². The van der Waals surface area contributed by atoms with Gasteiger partial charge in [0.25, 0.3) is 0 Å².